The standard InChI is InChI=1S/C15H28N2O6/c1-3-22-13(18)15(14(19)23-4-2)11-16-5-7-20-9-10-21-8-6-17-12-15/h16-17H,3-12H2,1-2H3. The second-order valence-corrected chi connectivity index (χ2v) is 5.10. The fourth-order valence-corrected chi connectivity index (χ4v) is 2.19. The van der Waals surface area contributed by atoms with Crippen LogP contribution in [0.5, 0.6) is 0 Å². The van der Waals surface area contributed by atoms with Crippen molar-refractivity contribution >= 4 is 11.9 Å². The first kappa shape index (κ1) is 19.8. The number of esters is 2. The average Bonchev–Trinajstić information content (AvgIpc) is 2.56. The van der Waals surface area contributed by atoms with Crippen molar-refractivity contribution in [3.8, 4) is 0 Å². The van der Waals surface area contributed by atoms with Crippen molar-refractivity contribution < 1.29 is 28.5 Å². The molecule has 0 spiro atoms. The van der Waals surface area contributed by atoms with Crippen LogP contribution in [-0.4, -0.2) is 77.8 Å². The van der Waals surface area contributed by atoms with Gasteiger partial charge in [0.25, 0.3) is 0 Å². The van der Waals surface area contributed by atoms with Gasteiger partial charge in [0.15, 0.2) is 5.41 Å². The molecule has 1 aliphatic rings. The second-order valence-electron chi connectivity index (χ2n) is 5.10. The monoisotopic (exact) mass is 332 g/mol. The minimum atomic E-state index is -1.42. The van der Waals surface area contributed by atoms with Crippen molar-refractivity contribution in [2.45, 2.75) is 13.8 Å². The molecule has 0 atom stereocenters. The van der Waals surface area contributed by atoms with Gasteiger partial charge >= 0.3 is 11.9 Å². The van der Waals surface area contributed by atoms with Crippen LogP contribution >= 0.6 is 0 Å². The predicted molar refractivity (Wildman–Crippen MR) is 83.1 cm³/mol. The van der Waals surface area contributed by atoms with Crippen LogP contribution in [0.3, 0.4) is 0 Å². The number of ether oxygens (including phenoxy) is 4. The predicted octanol–water partition coefficient (Wildman–Crippen LogP) is -0.675. The van der Waals surface area contributed by atoms with Gasteiger partial charge in [0, 0.05) is 26.2 Å². The molecule has 8 nitrogen and oxygen atoms in total. The third-order valence-electron chi connectivity index (χ3n) is 3.40. The van der Waals surface area contributed by atoms with E-state index in [0.29, 0.717) is 39.5 Å². The molecule has 0 aromatic heterocycles. The van der Waals surface area contributed by atoms with Gasteiger partial charge in [-0.2, -0.15) is 0 Å². The number of hydrogen-bond acceptors (Lipinski definition) is 8. The quantitative estimate of drug-likeness (QED) is 0.517. The summed E-state index contributed by atoms with van der Waals surface area (Å²) >= 11 is 0. The van der Waals surface area contributed by atoms with Crippen LogP contribution in [0.4, 0.5) is 0 Å². The molecule has 134 valence electrons. The smallest absolute Gasteiger partial charge is 0.326 e. The average molecular weight is 332 g/mol. The fourth-order valence-electron chi connectivity index (χ4n) is 2.19. The molecule has 0 radical (unpaired) electrons. The van der Waals surface area contributed by atoms with E-state index < -0.39 is 17.4 Å². The molecule has 1 rings (SSSR count). The summed E-state index contributed by atoms with van der Waals surface area (Å²) in [6, 6.07) is 0. The van der Waals surface area contributed by atoms with E-state index in [1.54, 1.807) is 13.8 Å². The van der Waals surface area contributed by atoms with Crippen LogP contribution in [0, 0.1) is 5.41 Å². The largest absolute Gasteiger partial charge is 0.465 e. The maximum absolute atomic E-state index is 12.5. The van der Waals surface area contributed by atoms with Crippen molar-refractivity contribution in [1.29, 1.82) is 0 Å². The van der Waals surface area contributed by atoms with E-state index >= 15 is 0 Å². The van der Waals surface area contributed by atoms with Crippen molar-refractivity contribution in [2.24, 2.45) is 5.41 Å². The number of carbonyl (C=O) groups excluding carboxylic acids is 2. The zero-order chi connectivity index (χ0) is 17.0. The van der Waals surface area contributed by atoms with Crippen LogP contribution in [0.2, 0.25) is 0 Å². The molecule has 1 saturated heterocycles. The molecule has 0 aliphatic carbocycles. The molecule has 1 aliphatic heterocycles. The summed E-state index contributed by atoms with van der Waals surface area (Å²) in [5.41, 5.74) is -1.42. The van der Waals surface area contributed by atoms with Crippen LogP contribution in [0.1, 0.15) is 13.8 Å². The molecule has 1 fully saturated rings. The van der Waals surface area contributed by atoms with Gasteiger partial charge in [0.2, 0.25) is 0 Å². The van der Waals surface area contributed by atoms with E-state index in [-0.39, 0.29) is 26.3 Å². The van der Waals surface area contributed by atoms with E-state index in [0.717, 1.165) is 0 Å². The highest BCUT2D eigenvalue weighted by Gasteiger charge is 2.48. The Morgan fingerprint density at radius 1 is 0.870 bits per heavy atom. The Labute approximate surface area is 137 Å². The number of rotatable bonds is 4. The van der Waals surface area contributed by atoms with Crippen molar-refractivity contribution in [3.05, 3.63) is 0 Å². The van der Waals surface area contributed by atoms with Crippen LogP contribution < -0.4 is 10.6 Å². The lowest BCUT2D eigenvalue weighted by atomic mass is 9.87. The summed E-state index contributed by atoms with van der Waals surface area (Å²) in [7, 11) is 0. The van der Waals surface area contributed by atoms with E-state index in [1.807, 2.05) is 0 Å². The lowest BCUT2D eigenvalue weighted by molar-refractivity contribution is -0.171. The van der Waals surface area contributed by atoms with Gasteiger partial charge in [0.1, 0.15) is 0 Å². The molecule has 1 heterocycles. The number of hydrogen-bond donors (Lipinski definition) is 2. The first-order valence-corrected chi connectivity index (χ1v) is 8.08. The molecule has 0 saturated carbocycles. The van der Waals surface area contributed by atoms with E-state index in [9.17, 15) is 9.59 Å². The summed E-state index contributed by atoms with van der Waals surface area (Å²) in [4.78, 5) is 24.9. The van der Waals surface area contributed by atoms with Gasteiger partial charge in [-0.25, -0.2) is 0 Å². The Kier molecular flexibility index (Phi) is 9.77. The minimum absolute atomic E-state index is 0.127. The molecule has 0 bridgehead atoms. The Hall–Kier alpha value is -1.22. The molecular formula is C15H28N2O6. The second kappa shape index (κ2) is 11.3. The van der Waals surface area contributed by atoms with Crippen molar-refractivity contribution in [3.63, 3.8) is 0 Å². The lowest BCUT2D eigenvalue weighted by Crippen LogP contribution is -2.55. The summed E-state index contributed by atoms with van der Waals surface area (Å²) in [6.07, 6.45) is 0. The van der Waals surface area contributed by atoms with E-state index in [2.05, 4.69) is 10.6 Å². The Balaban J connectivity index is 2.87. The topological polar surface area (TPSA) is 95.1 Å². The molecule has 0 aromatic carbocycles. The zero-order valence-corrected chi connectivity index (χ0v) is 14.0. The first-order valence-electron chi connectivity index (χ1n) is 8.08. The minimum Gasteiger partial charge on any atom is -0.465 e. The maximum atomic E-state index is 12.5. The summed E-state index contributed by atoms with van der Waals surface area (Å²) in [5.74, 6) is -1.18. The first-order chi connectivity index (χ1) is 11.2. The van der Waals surface area contributed by atoms with Crippen LogP contribution in [-0.2, 0) is 28.5 Å². The highest BCUT2D eigenvalue weighted by molar-refractivity contribution is 6.00. The summed E-state index contributed by atoms with van der Waals surface area (Å²) in [5, 5.41) is 6.17. The van der Waals surface area contributed by atoms with Crippen molar-refractivity contribution in [1.82, 2.24) is 10.6 Å². The highest BCUT2D eigenvalue weighted by atomic mass is 16.6. The Bertz CT molecular complexity index is 330. The third kappa shape index (κ3) is 6.42. The normalized spacial score (nSPS) is 20.4. The zero-order valence-electron chi connectivity index (χ0n) is 14.0. The molecule has 2 N–H and O–H groups in total. The highest BCUT2D eigenvalue weighted by Crippen LogP contribution is 2.21. The molecule has 0 amide bonds. The molecule has 0 aromatic rings. The third-order valence-corrected chi connectivity index (χ3v) is 3.40. The SMILES string of the molecule is CCOC(=O)C1(C(=O)OCC)CNCCOCCOCCNC1. The lowest BCUT2D eigenvalue weighted by Gasteiger charge is -2.29. The van der Waals surface area contributed by atoms with Gasteiger partial charge in [0.05, 0.1) is 39.6 Å². The van der Waals surface area contributed by atoms with Gasteiger partial charge in [-0.05, 0) is 13.8 Å². The Morgan fingerprint density at radius 2 is 1.30 bits per heavy atom. The van der Waals surface area contributed by atoms with E-state index in [1.165, 1.54) is 0 Å². The van der Waals surface area contributed by atoms with E-state index in [4.69, 9.17) is 18.9 Å². The van der Waals surface area contributed by atoms with Gasteiger partial charge < -0.3 is 29.6 Å². The molecule has 0 unspecified atom stereocenters. The number of carbonyl (C=O) groups is 2. The molecule has 8 heteroatoms. The van der Waals surface area contributed by atoms with Crippen molar-refractivity contribution in [2.75, 3.05) is 65.8 Å². The van der Waals surface area contributed by atoms with Crippen LogP contribution in [0.25, 0.3) is 0 Å². The van der Waals surface area contributed by atoms with Gasteiger partial charge in [-0.3, -0.25) is 9.59 Å². The fraction of sp³-hybridized carbons (Fsp3) is 0.867. The maximum Gasteiger partial charge on any atom is 0.326 e. The van der Waals surface area contributed by atoms with Gasteiger partial charge in [-0.1, -0.05) is 0 Å². The summed E-state index contributed by atoms with van der Waals surface area (Å²) < 4.78 is 21.0. The number of nitrogens with one attached hydrogen (secondary N) is 2. The molecule has 23 heavy (non-hydrogen) atoms. The Morgan fingerprint density at radius 3 is 1.70 bits per heavy atom. The van der Waals surface area contributed by atoms with Gasteiger partial charge in [-0.15, -0.1) is 0 Å². The summed E-state index contributed by atoms with van der Waals surface area (Å²) in [6.45, 7) is 7.07. The van der Waals surface area contributed by atoms with Crippen LogP contribution in [0.15, 0.2) is 0 Å². The molecular weight excluding hydrogens is 304 g/mol.